The van der Waals surface area contributed by atoms with E-state index in [1.165, 1.54) is 0 Å². The maximum Gasteiger partial charge on any atom is 0.191 e. The van der Waals surface area contributed by atoms with Crippen molar-refractivity contribution in [3.05, 3.63) is 34.9 Å². The summed E-state index contributed by atoms with van der Waals surface area (Å²) in [5.41, 5.74) is 1.03. The molecule has 1 rings (SSSR count). The standard InChI is InChI=1S/C19H32ClN3O2.HI/c1-4-7-15(10-11-24)13-22-19(21-5-2)23-14-18(25-3)16-8-6-9-17(20)12-16;/h6,8-9,12,15,18,24H,4-5,7,10-11,13-14H2,1-3H3,(H2,21,22,23);1H. The number of aliphatic hydroxyl groups excluding tert-OH is 1. The molecule has 0 fully saturated rings. The van der Waals surface area contributed by atoms with Crippen LogP contribution in [0.1, 0.15) is 44.8 Å². The summed E-state index contributed by atoms with van der Waals surface area (Å²) >= 11 is 6.07. The first-order valence-corrected chi connectivity index (χ1v) is 9.43. The van der Waals surface area contributed by atoms with E-state index in [9.17, 15) is 5.11 Å². The van der Waals surface area contributed by atoms with E-state index >= 15 is 0 Å². The van der Waals surface area contributed by atoms with Gasteiger partial charge in [0.25, 0.3) is 0 Å². The van der Waals surface area contributed by atoms with Gasteiger partial charge in [0, 0.05) is 38.4 Å². The molecule has 5 nitrogen and oxygen atoms in total. The van der Waals surface area contributed by atoms with Crippen LogP contribution in [0.2, 0.25) is 5.02 Å². The van der Waals surface area contributed by atoms with Crippen LogP contribution in [0, 0.1) is 5.92 Å². The Morgan fingerprint density at radius 1 is 1.27 bits per heavy atom. The molecule has 150 valence electrons. The van der Waals surface area contributed by atoms with E-state index in [1.807, 2.05) is 31.2 Å². The van der Waals surface area contributed by atoms with Gasteiger partial charge in [0.15, 0.2) is 5.96 Å². The molecule has 7 heteroatoms. The number of hydrogen-bond acceptors (Lipinski definition) is 3. The quantitative estimate of drug-likeness (QED) is 0.246. The molecular formula is C19H33ClIN3O2. The van der Waals surface area contributed by atoms with Gasteiger partial charge < -0.3 is 20.5 Å². The highest BCUT2D eigenvalue weighted by atomic mass is 127. The molecule has 26 heavy (non-hydrogen) atoms. The molecule has 2 atom stereocenters. The largest absolute Gasteiger partial charge is 0.396 e. The molecule has 0 heterocycles. The molecular weight excluding hydrogens is 465 g/mol. The molecule has 0 aliphatic heterocycles. The summed E-state index contributed by atoms with van der Waals surface area (Å²) in [5, 5.41) is 16.5. The van der Waals surface area contributed by atoms with Gasteiger partial charge in [-0.05, 0) is 43.4 Å². The fourth-order valence-corrected chi connectivity index (χ4v) is 2.91. The van der Waals surface area contributed by atoms with Crippen molar-refractivity contribution in [2.24, 2.45) is 10.9 Å². The van der Waals surface area contributed by atoms with Gasteiger partial charge in [-0.2, -0.15) is 0 Å². The number of benzene rings is 1. The van der Waals surface area contributed by atoms with Gasteiger partial charge in [-0.25, -0.2) is 0 Å². The van der Waals surface area contributed by atoms with Gasteiger partial charge in [-0.1, -0.05) is 37.1 Å². The lowest BCUT2D eigenvalue weighted by Gasteiger charge is -2.20. The summed E-state index contributed by atoms with van der Waals surface area (Å²) in [6.45, 7) is 6.51. The fraction of sp³-hybridized carbons (Fsp3) is 0.632. The highest BCUT2D eigenvalue weighted by molar-refractivity contribution is 14.0. The lowest BCUT2D eigenvalue weighted by molar-refractivity contribution is 0.106. The second kappa shape index (κ2) is 15.5. The molecule has 0 saturated heterocycles. The molecule has 2 unspecified atom stereocenters. The van der Waals surface area contributed by atoms with Crippen LogP contribution in [0.15, 0.2) is 29.3 Å². The van der Waals surface area contributed by atoms with Crippen molar-refractivity contribution in [3.63, 3.8) is 0 Å². The number of halogens is 2. The van der Waals surface area contributed by atoms with E-state index in [4.69, 9.17) is 16.3 Å². The normalized spacial score (nSPS) is 13.7. The summed E-state index contributed by atoms with van der Waals surface area (Å²) < 4.78 is 5.59. The summed E-state index contributed by atoms with van der Waals surface area (Å²) in [7, 11) is 1.69. The third kappa shape index (κ3) is 9.94. The predicted octanol–water partition coefficient (Wildman–Crippen LogP) is 4.00. The Hall–Kier alpha value is -0.570. The summed E-state index contributed by atoms with van der Waals surface area (Å²) in [6.07, 6.45) is 2.86. The van der Waals surface area contributed by atoms with E-state index in [1.54, 1.807) is 7.11 Å². The van der Waals surface area contributed by atoms with Crippen LogP contribution < -0.4 is 10.6 Å². The number of ether oxygens (including phenoxy) is 1. The van der Waals surface area contributed by atoms with Crippen LogP contribution >= 0.6 is 35.6 Å². The molecule has 0 aromatic heterocycles. The average molecular weight is 498 g/mol. The average Bonchev–Trinajstić information content (AvgIpc) is 2.60. The zero-order chi connectivity index (χ0) is 18.5. The van der Waals surface area contributed by atoms with Crippen LogP contribution in [0.3, 0.4) is 0 Å². The monoisotopic (exact) mass is 497 g/mol. The first kappa shape index (κ1) is 25.4. The summed E-state index contributed by atoms with van der Waals surface area (Å²) in [6, 6.07) is 7.70. The smallest absolute Gasteiger partial charge is 0.191 e. The van der Waals surface area contributed by atoms with E-state index in [0.29, 0.717) is 24.0 Å². The zero-order valence-electron chi connectivity index (χ0n) is 16.0. The highest BCUT2D eigenvalue weighted by Gasteiger charge is 2.12. The maximum absolute atomic E-state index is 9.18. The fourth-order valence-electron chi connectivity index (χ4n) is 2.71. The maximum atomic E-state index is 9.18. The minimum Gasteiger partial charge on any atom is -0.396 e. The van der Waals surface area contributed by atoms with Crippen molar-refractivity contribution in [2.45, 2.75) is 39.2 Å². The van der Waals surface area contributed by atoms with Crippen molar-refractivity contribution in [1.29, 1.82) is 0 Å². The van der Waals surface area contributed by atoms with Gasteiger partial charge in [0.1, 0.15) is 0 Å². The number of rotatable bonds is 11. The lowest BCUT2D eigenvalue weighted by Crippen LogP contribution is -2.40. The minimum absolute atomic E-state index is 0. The summed E-state index contributed by atoms with van der Waals surface area (Å²) in [5.74, 6) is 1.18. The summed E-state index contributed by atoms with van der Waals surface area (Å²) in [4.78, 5) is 4.67. The number of nitrogens with zero attached hydrogens (tertiary/aromatic N) is 1. The molecule has 1 aromatic carbocycles. The SMILES string of the molecule is CCCC(CCO)CN=C(NCC)NCC(OC)c1cccc(Cl)c1.I. The van der Waals surface area contributed by atoms with Gasteiger partial charge in [0.05, 0.1) is 6.10 Å². The number of methoxy groups -OCH3 is 1. The number of guanidine groups is 1. The number of aliphatic hydroxyl groups is 1. The molecule has 0 spiro atoms. The number of hydrogen-bond donors (Lipinski definition) is 3. The Balaban J connectivity index is 0.00000625. The van der Waals surface area contributed by atoms with Crippen molar-refractivity contribution in [1.82, 2.24) is 10.6 Å². The van der Waals surface area contributed by atoms with E-state index < -0.39 is 0 Å². The molecule has 0 aliphatic carbocycles. The predicted molar refractivity (Wildman–Crippen MR) is 121 cm³/mol. The molecule has 0 bridgehead atoms. The van der Waals surface area contributed by atoms with Crippen LogP contribution in [-0.2, 0) is 4.74 Å². The van der Waals surface area contributed by atoms with Gasteiger partial charge in [0.2, 0.25) is 0 Å². The second-order valence-electron chi connectivity index (χ2n) is 6.05. The van der Waals surface area contributed by atoms with Gasteiger partial charge >= 0.3 is 0 Å². The van der Waals surface area contributed by atoms with E-state index in [2.05, 4.69) is 22.5 Å². The van der Waals surface area contributed by atoms with Crippen LogP contribution in [0.25, 0.3) is 0 Å². The topological polar surface area (TPSA) is 65.9 Å². The molecule has 3 N–H and O–H groups in total. The first-order chi connectivity index (χ1) is 12.1. The molecule has 0 saturated carbocycles. The van der Waals surface area contributed by atoms with E-state index in [0.717, 1.165) is 37.3 Å². The van der Waals surface area contributed by atoms with Gasteiger partial charge in [-0.3, -0.25) is 4.99 Å². The molecule has 0 aliphatic rings. The third-order valence-corrected chi connectivity index (χ3v) is 4.28. The van der Waals surface area contributed by atoms with Crippen molar-refractivity contribution in [2.75, 3.05) is 33.4 Å². The zero-order valence-corrected chi connectivity index (χ0v) is 19.1. The lowest BCUT2D eigenvalue weighted by atomic mass is 10.0. The highest BCUT2D eigenvalue weighted by Crippen LogP contribution is 2.19. The molecule has 0 amide bonds. The Labute approximate surface area is 180 Å². The number of nitrogens with one attached hydrogen (secondary N) is 2. The van der Waals surface area contributed by atoms with Crippen LogP contribution in [0.4, 0.5) is 0 Å². The Kier molecular flexibility index (Phi) is 15.1. The number of aliphatic imine (C=N–C) groups is 1. The van der Waals surface area contributed by atoms with E-state index in [-0.39, 0.29) is 36.7 Å². The minimum atomic E-state index is -0.105. The van der Waals surface area contributed by atoms with Crippen LogP contribution in [0.5, 0.6) is 0 Å². The Morgan fingerprint density at radius 3 is 2.62 bits per heavy atom. The molecule has 0 radical (unpaired) electrons. The van der Waals surface area contributed by atoms with Gasteiger partial charge in [-0.15, -0.1) is 24.0 Å². The second-order valence-corrected chi connectivity index (χ2v) is 6.48. The third-order valence-electron chi connectivity index (χ3n) is 4.05. The Bertz CT molecular complexity index is 511. The van der Waals surface area contributed by atoms with Crippen molar-refractivity contribution < 1.29 is 9.84 Å². The molecule has 1 aromatic rings. The van der Waals surface area contributed by atoms with Crippen LogP contribution in [-0.4, -0.2) is 44.4 Å². The Morgan fingerprint density at radius 2 is 2.04 bits per heavy atom. The van der Waals surface area contributed by atoms with Crippen molar-refractivity contribution >= 4 is 41.5 Å². The first-order valence-electron chi connectivity index (χ1n) is 9.05. The van der Waals surface area contributed by atoms with Crippen molar-refractivity contribution in [3.8, 4) is 0 Å².